The number of ether oxygens (including phenoxy) is 1. The number of hydrogen-bond donors (Lipinski definition) is 2. The molecule has 1 aromatic carbocycles. The first-order valence-corrected chi connectivity index (χ1v) is 6.69. The molecule has 4 nitrogen and oxygen atoms in total. The molecule has 0 fully saturated rings. The molecule has 1 amide bonds. The van der Waals surface area contributed by atoms with Crippen molar-refractivity contribution in [3.8, 4) is 5.75 Å². The van der Waals surface area contributed by atoms with Gasteiger partial charge in [0, 0.05) is 6.04 Å². The van der Waals surface area contributed by atoms with Gasteiger partial charge in [0.1, 0.15) is 5.75 Å². The Kier molecular flexibility index (Phi) is 5.67. The quantitative estimate of drug-likeness (QED) is 0.776. The molecule has 1 aromatic rings. The van der Waals surface area contributed by atoms with Crippen LogP contribution in [0.1, 0.15) is 44.0 Å². The van der Waals surface area contributed by atoms with Crippen molar-refractivity contribution in [1.29, 1.82) is 0 Å². The second-order valence-electron chi connectivity index (χ2n) is 5.27. The fraction of sp³-hybridized carbons (Fsp3) is 0.533. The zero-order valence-electron chi connectivity index (χ0n) is 12.2. The molecule has 106 valence electrons. The van der Waals surface area contributed by atoms with Crippen LogP contribution in [0.5, 0.6) is 5.75 Å². The van der Waals surface area contributed by atoms with Crippen LogP contribution in [0.3, 0.4) is 0 Å². The van der Waals surface area contributed by atoms with Crippen LogP contribution in [-0.2, 0) is 0 Å². The molecule has 0 aliphatic carbocycles. The number of anilines is 1. The van der Waals surface area contributed by atoms with E-state index in [0.29, 0.717) is 22.9 Å². The molecule has 4 heteroatoms. The molecule has 1 rings (SSSR count). The molecule has 0 bridgehead atoms. The molecule has 0 aliphatic heterocycles. The van der Waals surface area contributed by atoms with Crippen LogP contribution < -0.4 is 15.8 Å². The van der Waals surface area contributed by atoms with Gasteiger partial charge in [-0.1, -0.05) is 19.9 Å². The zero-order valence-corrected chi connectivity index (χ0v) is 12.2. The van der Waals surface area contributed by atoms with E-state index in [0.717, 1.165) is 12.8 Å². The summed E-state index contributed by atoms with van der Waals surface area (Å²) in [5.41, 5.74) is 6.76. The molecule has 0 radical (unpaired) electrons. The molecule has 0 spiro atoms. The number of nitrogens with one attached hydrogen (secondary N) is 1. The van der Waals surface area contributed by atoms with Gasteiger partial charge in [-0.15, -0.1) is 0 Å². The van der Waals surface area contributed by atoms with Crippen molar-refractivity contribution in [2.75, 3.05) is 12.8 Å². The van der Waals surface area contributed by atoms with Crippen molar-refractivity contribution >= 4 is 11.6 Å². The van der Waals surface area contributed by atoms with Gasteiger partial charge in [0.2, 0.25) is 0 Å². The Hall–Kier alpha value is -1.71. The fourth-order valence-electron chi connectivity index (χ4n) is 1.88. The van der Waals surface area contributed by atoms with Gasteiger partial charge < -0.3 is 15.8 Å². The van der Waals surface area contributed by atoms with Gasteiger partial charge in [-0.3, -0.25) is 4.79 Å². The van der Waals surface area contributed by atoms with Crippen LogP contribution in [0.4, 0.5) is 5.69 Å². The van der Waals surface area contributed by atoms with E-state index in [1.54, 1.807) is 25.3 Å². The lowest BCUT2D eigenvalue weighted by Gasteiger charge is -2.16. The smallest absolute Gasteiger partial charge is 0.253 e. The lowest BCUT2D eigenvalue weighted by Crippen LogP contribution is -2.33. The number of benzene rings is 1. The third-order valence-electron chi connectivity index (χ3n) is 3.09. The van der Waals surface area contributed by atoms with Crippen LogP contribution in [0, 0.1) is 5.92 Å². The van der Waals surface area contributed by atoms with Crippen LogP contribution in [0.2, 0.25) is 0 Å². The van der Waals surface area contributed by atoms with Crippen molar-refractivity contribution in [2.45, 2.75) is 39.7 Å². The number of nitrogen functional groups attached to an aromatic ring is 1. The highest BCUT2D eigenvalue weighted by Gasteiger charge is 2.15. The minimum Gasteiger partial charge on any atom is -0.495 e. The van der Waals surface area contributed by atoms with E-state index in [4.69, 9.17) is 10.5 Å². The summed E-state index contributed by atoms with van der Waals surface area (Å²) in [6, 6.07) is 5.36. The van der Waals surface area contributed by atoms with Gasteiger partial charge in [0.25, 0.3) is 5.91 Å². The topological polar surface area (TPSA) is 64.3 Å². The number of rotatable bonds is 6. The first-order chi connectivity index (χ1) is 8.95. The minimum absolute atomic E-state index is 0.139. The summed E-state index contributed by atoms with van der Waals surface area (Å²) in [6.07, 6.45) is 2.06. The van der Waals surface area contributed by atoms with Crippen molar-refractivity contribution in [3.05, 3.63) is 23.8 Å². The predicted octanol–water partition coefficient (Wildman–Crippen LogP) is 2.83. The van der Waals surface area contributed by atoms with Crippen LogP contribution in [0.25, 0.3) is 0 Å². The number of carbonyl (C=O) groups excluding carboxylic acids is 1. The third kappa shape index (κ3) is 4.47. The SMILES string of the molecule is COc1cccc(C(=O)NC(C)CCC(C)C)c1N. The molecule has 1 atom stereocenters. The molecule has 0 saturated heterocycles. The van der Waals surface area contributed by atoms with Gasteiger partial charge in [-0.25, -0.2) is 0 Å². The second kappa shape index (κ2) is 7.02. The third-order valence-corrected chi connectivity index (χ3v) is 3.09. The Morgan fingerprint density at radius 1 is 1.32 bits per heavy atom. The van der Waals surface area contributed by atoms with Crippen LogP contribution in [0.15, 0.2) is 18.2 Å². The van der Waals surface area contributed by atoms with E-state index in [2.05, 4.69) is 19.2 Å². The van der Waals surface area contributed by atoms with Crippen LogP contribution >= 0.6 is 0 Å². The van der Waals surface area contributed by atoms with Gasteiger partial charge >= 0.3 is 0 Å². The summed E-state index contributed by atoms with van der Waals surface area (Å²) in [7, 11) is 1.54. The summed E-state index contributed by atoms with van der Waals surface area (Å²) in [4.78, 5) is 12.1. The summed E-state index contributed by atoms with van der Waals surface area (Å²) in [5.74, 6) is 1.02. The average molecular weight is 264 g/mol. The molecule has 0 heterocycles. The number of carbonyl (C=O) groups is 1. The molecule has 0 saturated carbocycles. The van der Waals surface area contributed by atoms with E-state index in [1.807, 2.05) is 6.92 Å². The van der Waals surface area contributed by atoms with Gasteiger partial charge in [-0.05, 0) is 37.8 Å². The Labute approximate surface area is 115 Å². The first-order valence-electron chi connectivity index (χ1n) is 6.69. The molecule has 0 aliphatic rings. The summed E-state index contributed by atoms with van der Waals surface area (Å²) in [6.45, 7) is 6.36. The highest BCUT2D eigenvalue weighted by molar-refractivity contribution is 6.00. The monoisotopic (exact) mass is 264 g/mol. The van der Waals surface area contributed by atoms with E-state index in [9.17, 15) is 4.79 Å². The summed E-state index contributed by atoms with van der Waals surface area (Å²) < 4.78 is 5.11. The number of nitrogens with two attached hydrogens (primary N) is 1. The van der Waals surface area contributed by atoms with E-state index in [-0.39, 0.29) is 11.9 Å². The molecule has 19 heavy (non-hydrogen) atoms. The lowest BCUT2D eigenvalue weighted by atomic mass is 10.0. The predicted molar refractivity (Wildman–Crippen MR) is 78.4 cm³/mol. The van der Waals surface area contributed by atoms with Crippen LogP contribution in [-0.4, -0.2) is 19.1 Å². The zero-order chi connectivity index (χ0) is 14.4. The molecular formula is C15H24N2O2. The first kappa shape index (κ1) is 15.3. The second-order valence-corrected chi connectivity index (χ2v) is 5.27. The Morgan fingerprint density at radius 2 is 2.00 bits per heavy atom. The Balaban J connectivity index is 2.68. The number of hydrogen-bond acceptors (Lipinski definition) is 3. The highest BCUT2D eigenvalue weighted by Crippen LogP contribution is 2.24. The Bertz CT molecular complexity index is 430. The van der Waals surface area contributed by atoms with E-state index < -0.39 is 0 Å². The maximum absolute atomic E-state index is 12.1. The van der Waals surface area contributed by atoms with Crippen molar-refractivity contribution in [1.82, 2.24) is 5.32 Å². The van der Waals surface area contributed by atoms with E-state index in [1.165, 1.54) is 0 Å². The maximum atomic E-state index is 12.1. The Morgan fingerprint density at radius 3 is 2.58 bits per heavy atom. The molecule has 3 N–H and O–H groups in total. The molecule has 1 unspecified atom stereocenters. The van der Waals surface area contributed by atoms with Crippen molar-refractivity contribution in [3.63, 3.8) is 0 Å². The van der Waals surface area contributed by atoms with Crippen molar-refractivity contribution < 1.29 is 9.53 Å². The van der Waals surface area contributed by atoms with Gasteiger partial charge in [-0.2, -0.15) is 0 Å². The standard InChI is InChI=1S/C15H24N2O2/c1-10(2)8-9-11(3)17-15(18)12-6-5-7-13(19-4)14(12)16/h5-7,10-11H,8-9,16H2,1-4H3,(H,17,18). The van der Waals surface area contributed by atoms with Gasteiger partial charge in [0.05, 0.1) is 18.4 Å². The number of methoxy groups -OCH3 is 1. The molecule has 0 aromatic heterocycles. The molecular weight excluding hydrogens is 240 g/mol. The summed E-state index contributed by atoms with van der Waals surface area (Å²) >= 11 is 0. The summed E-state index contributed by atoms with van der Waals surface area (Å²) in [5, 5.41) is 2.97. The fourth-order valence-corrected chi connectivity index (χ4v) is 1.88. The maximum Gasteiger partial charge on any atom is 0.253 e. The van der Waals surface area contributed by atoms with E-state index >= 15 is 0 Å². The lowest BCUT2D eigenvalue weighted by molar-refractivity contribution is 0.0938. The van der Waals surface area contributed by atoms with Crippen molar-refractivity contribution in [2.24, 2.45) is 5.92 Å². The number of amides is 1. The minimum atomic E-state index is -0.146. The van der Waals surface area contributed by atoms with Gasteiger partial charge in [0.15, 0.2) is 0 Å². The largest absolute Gasteiger partial charge is 0.495 e. The number of para-hydroxylation sites is 1. The highest BCUT2D eigenvalue weighted by atomic mass is 16.5. The average Bonchev–Trinajstić information content (AvgIpc) is 2.36. The normalized spacial score (nSPS) is 12.3.